The maximum Gasteiger partial charge on any atom is 0.249 e. The van der Waals surface area contributed by atoms with Crippen LogP contribution in [0.2, 0.25) is 0 Å². The molecule has 2 aliphatic heterocycles. The SMILES string of the molecule is C[C@H]1O[C@@H](O[C@@H]2[C@@H](O)[C@H](NC(=O)[C@@H](O)CCN)C[C@H](N)[C@H]2O[C@H]2O[C@H](CN)[C@@H](OCc3ccccc3)[C@H](OCc3ccccc3)[C@H]2N)[C@H](O)[C@@H](O)[C@@H]1N. The highest BCUT2D eigenvalue weighted by atomic mass is 16.7. The molecule has 0 aromatic heterocycles. The second-order valence-electron chi connectivity index (χ2n) is 13.9. The third-order valence-electron chi connectivity index (χ3n) is 10.1. The van der Waals surface area contributed by atoms with Crippen LogP contribution in [0.5, 0.6) is 0 Å². The molecule has 16 atom stereocenters. The Hall–Kier alpha value is -2.69. The molecule has 2 aromatic carbocycles. The van der Waals surface area contributed by atoms with E-state index in [4.69, 9.17) is 57.1 Å². The number of aliphatic hydroxyl groups excluding tert-OH is 4. The third-order valence-corrected chi connectivity index (χ3v) is 10.1. The van der Waals surface area contributed by atoms with Crippen LogP contribution in [0.3, 0.4) is 0 Å². The van der Waals surface area contributed by atoms with Crippen molar-refractivity contribution in [3.05, 3.63) is 71.8 Å². The molecule has 2 aromatic rings. The van der Waals surface area contributed by atoms with Crippen molar-refractivity contribution in [1.29, 1.82) is 0 Å². The number of nitrogens with two attached hydrogens (primary N) is 5. The summed E-state index contributed by atoms with van der Waals surface area (Å²) in [5.74, 6) is -0.767. The molecule has 53 heavy (non-hydrogen) atoms. The smallest absolute Gasteiger partial charge is 0.249 e. The predicted molar refractivity (Wildman–Crippen MR) is 190 cm³/mol. The Balaban J connectivity index is 1.40. The number of aliphatic hydroxyl groups is 4. The largest absolute Gasteiger partial charge is 0.388 e. The number of carbonyl (C=O) groups is 1. The Morgan fingerprint density at radius 1 is 0.792 bits per heavy atom. The van der Waals surface area contributed by atoms with E-state index < -0.39 is 104 Å². The Morgan fingerprint density at radius 3 is 1.96 bits per heavy atom. The predicted octanol–water partition coefficient (Wildman–Crippen LogP) is -2.98. The number of hydrogen-bond acceptors (Lipinski definition) is 16. The van der Waals surface area contributed by atoms with Crippen molar-refractivity contribution in [2.75, 3.05) is 13.1 Å². The first-order valence-electron chi connectivity index (χ1n) is 18.1. The van der Waals surface area contributed by atoms with Crippen molar-refractivity contribution < 1.29 is 53.6 Å². The summed E-state index contributed by atoms with van der Waals surface area (Å²) in [7, 11) is 0. The molecular weight excluding hydrogens is 692 g/mol. The average Bonchev–Trinajstić information content (AvgIpc) is 3.16. The maximum atomic E-state index is 12.8. The van der Waals surface area contributed by atoms with E-state index >= 15 is 0 Å². The molecule has 1 saturated carbocycles. The van der Waals surface area contributed by atoms with E-state index in [1.807, 2.05) is 60.7 Å². The van der Waals surface area contributed by atoms with Crippen molar-refractivity contribution in [3.8, 4) is 0 Å². The number of rotatable bonds is 15. The van der Waals surface area contributed by atoms with Crippen LogP contribution in [-0.4, -0.2) is 137 Å². The monoisotopic (exact) mass is 748 g/mol. The van der Waals surface area contributed by atoms with E-state index in [0.29, 0.717) is 0 Å². The topological polar surface area (TPSA) is 295 Å². The van der Waals surface area contributed by atoms with Crippen LogP contribution in [0, 0.1) is 0 Å². The van der Waals surface area contributed by atoms with Gasteiger partial charge >= 0.3 is 0 Å². The van der Waals surface area contributed by atoms with Crippen LogP contribution in [0.1, 0.15) is 30.9 Å². The van der Waals surface area contributed by atoms with E-state index in [1.54, 1.807) is 6.92 Å². The van der Waals surface area contributed by atoms with E-state index in [0.717, 1.165) is 11.1 Å². The minimum Gasteiger partial charge on any atom is -0.388 e. The van der Waals surface area contributed by atoms with Gasteiger partial charge in [-0.2, -0.15) is 0 Å². The van der Waals surface area contributed by atoms with Gasteiger partial charge in [0.25, 0.3) is 0 Å². The zero-order chi connectivity index (χ0) is 38.2. The van der Waals surface area contributed by atoms with Gasteiger partial charge in [-0.1, -0.05) is 60.7 Å². The first-order valence-corrected chi connectivity index (χ1v) is 18.1. The molecule has 2 saturated heterocycles. The van der Waals surface area contributed by atoms with Crippen molar-refractivity contribution in [2.24, 2.45) is 28.7 Å². The lowest BCUT2D eigenvalue weighted by molar-refractivity contribution is -0.333. The molecule has 15 N–H and O–H groups in total. The van der Waals surface area contributed by atoms with Crippen LogP contribution in [-0.2, 0) is 46.4 Å². The third kappa shape index (κ3) is 10.1. The molecule has 1 aliphatic carbocycles. The molecule has 5 rings (SSSR count). The standard InChI is InChI=1S/C36H56N6O11/c1-18-25(40)28(45)29(46)36(50-18)53-33-27(44)22(42-34(47)23(43)12-13-37)14-21(39)30(33)52-35-26(41)32(49-17-20-10-6-3-7-11-20)31(24(15-38)51-35)48-16-19-8-4-2-5-9-19/h2-11,18,21-33,35-36,43-46H,12-17,37-41H2,1H3,(H,42,47)/t18-,21+,22-,23+,24-,25-,26-,27+,28+,29-,30-,31-,32-,33-,35-,36+/m1/s1. The van der Waals surface area contributed by atoms with Crippen LogP contribution in [0.4, 0.5) is 0 Å². The summed E-state index contributed by atoms with van der Waals surface area (Å²) in [5.41, 5.74) is 33.1. The first kappa shape index (κ1) is 41.5. The highest BCUT2D eigenvalue weighted by Crippen LogP contribution is 2.34. The van der Waals surface area contributed by atoms with Gasteiger partial charge in [0.05, 0.1) is 37.4 Å². The van der Waals surface area contributed by atoms with Gasteiger partial charge in [0.2, 0.25) is 5.91 Å². The lowest BCUT2D eigenvalue weighted by Crippen LogP contribution is -2.70. The second kappa shape index (κ2) is 19.3. The Morgan fingerprint density at radius 2 is 1.38 bits per heavy atom. The van der Waals surface area contributed by atoms with Crippen molar-refractivity contribution >= 4 is 5.91 Å². The van der Waals surface area contributed by atoms with Crippen LogP contribution < -0.4 is 34.0 Å². The Bertz CT molecular complexity index is 1400. The van der Waals surface area contributed by atoms with Gasteiger partial charge in [0, 0.05) is 12.6 Å². The first-order chi connectivity index (χ1) is 25.4. The number of amides is 1. The van der Waals surface area contributed by atoms with Gasteiger partial charge in [0.1, 0.15) is 54.9 Å². The van der Waals surface area contributed by atoms with Crippen LogP contribution in [0.15, 0.2) is 60.7 Å². The van der Waals surface area contributed by atoms with Gasteiger partial charge in [-0.25, -0.2) is 0 Å². The van der Waals surface area contributed by atoms with Gasteiger partial charge in [-0.15, -0.1) is 0 Å². The zero-order valence-corrected chi connectivity index (χ0v) is 29.8. The average molecular weight is 749 g/mol. The summed E-state index contributed by atoms with van der Waals surface area (Å²) in [6.45, 7) is 2.09. The molecular formula is C36H56N6O11. The molecule has 3 fully saturated rings. The van der Waals surface area contributed by atoms with E-state index in [1.165, 1.54) is 0 Å². The highest BCUT2D eigenvalue weighted by Gasteiger charge is 2.53. The van der Waals surface area contributed by atoms with Crippen molar-refractivity contribution in [2.45, 2.75) is 131 Å². The molecule has 0 spiro atoms. The van der Waals surface area contributed by atoms with E-state index in [9.17, 15) is 25.2 Å². The fraction of sp³-hybridized carbons (Fsp3) is 0.639. The van der Waals surface area contributed by atoms with Gasteiger partial charge < -0.3 is 82.8 Å². The van der Waals surface area contributed by atoms with Gasteiger partial charge in [-0.05, 0) is 37.4 Å². The zero-order valence-electron chi connectivity index (χ0n) is 29.8. The summed E-state index contributed by atoms with van der Waals surface area (Å²) in [6.07, 6.45) is -14.3. The molecule has 296 valence electrons. The summed E-state index contributed by atoms with van der Waals surface area (Å²) in [4.78, 5) is 12.8. The maximum absolute atomic E-state index is 12.8. The van der Waals surface area contributed by atoms with Crippen LogP contribution in [0.25, 0.3) is 0 Å². The summed E-state index contributed by atoms with van der Waals surface area (Å²) < 4.78 is 37.6. The van der Waals surface area contributed by atoms with Gasteiger partial charge in [-0.3, -0.25) is 4.79 Å². The highest BCUT2D eigenvalue weighted by molar-refractivity contribution is 5.80. The molecule has 17 heteroatoms. The van der Waals surface area contributed by atoms with Gasteiger partial charge in [0.15, 0.2) is 12.6 Å². The summed E-state index contributed by atoms with van der Waals surface area (Å²) in [5, 5.41) is 46.1. The lowest BCUT2D eigenvalue weighted by atomic mass is 9.83. The fourth-order valence-corrected chi connectivity index (χ4v) is 6.93. The molecule has 2 heterocycles. The fourth-order valence-electron chi connectivity index (χ4n) is 6.93. The minimum atomic E-state index is -1.61. The molecule has 1 amide bonds. The quantitative estimate of drug-likeness (QED) is 0.0869. The minimum absolute atomic E-state index is 0.00666. The van der Waals surface area contributed by atoms with Crippen LogP contribution >= 0.6 is 0 Å². The summed E-state index contributed by atoms with van der Waals surface area (Å²) in [6, 6.07) is 15.2. The lowest BCUT2D eigenvalue weighted by Gasteiger charge is -2.50. The molecule has 17 nitrogen and oxygen atoms in total. The van der Waals surface area contributed by atoms with Crippen molar-refractivity contribution in [3.63, 3.8) is 0 Å². The van der Waals surface area contributed by atoms with E-state index in [-0.39, 0.29) is 39.1 Å². The summed E-state index contributed by atoms with van der Waals surface area (Å²) >= 11 is 0. The number of benzene rings is 2. The Labute approximate surface area is 308 Å². The number of hydrogen-bond donors (Lipinski definition) is 10. The molecule has 0 unspecified atom stereocenters. The normalized spacial score (nSPS) is 38.3. The molecule has 3 aliphatic rings. The number of ether oxygens (including phenoxy) is 6. The Kier molecular flexibility index (Phi) is 15.1. The second-order valence-corrected chi connectivity index (χ2v) is 13.9. The van der Waals surface area contributed by atoms with E-state index in [2.05, 4.69) is 5.32 Å². The number of carbonyl (C=O) groups excluding carboxylic acids is 1. The molecule has 0 radical (unpaired) electrons. The van der Waals surface area contributed by atoms with Crippen molar-refractivity contribution in [1.82, 2.24) is 5.32 Å². The molecule has 0 bridgehead atoms. The number of nitrogens with one attached hydrogen (secondary N) is 1.